The van der Waals surface area contributed by atoms with Gasteiger partial charge in [-0.05, 0) is 12.1 Å². The predicted molar refractivity (Wildman–Crippen MR) is 72.0 cm³/mol. The molecule has 2 rings (SSSR count). The monoisotopic (exact) mass is 284 g/mol. The number of halogens is 2. The van der Waals surface area contributed by atoms with Gasteiger partial charge in [-0.25, -0.2) is 0 Å². The van der Waals surface area contributed by atoms with Gasteiger partial charge in [-0.1, -0.05) is 23.2 Å². The molecule has 7 heteroatoms. The summed E-state index contributed by atoms with van der Waals surface area (Å²) in [6, 6.07) is 2.96. The topological polar surface area (TPSA) is 72.9 Å². The van der Waals surface area contributed by atoms with Crippen LogP contribution >= 0.6 is 23.2 Å². The SMILES string of the molecule is Cn1cc(NC(=O)c2cc(N)cc(Cl)c2Cl)cn1. The molecule has 1 aromatic carbocycles. The Morgan fingerprint density at radius 2 is 2.17 bits per heavy atom. The van der Waals surface area contributed by atoms with Crippen LogP contribution in [0.5, 0.6) is 0 Å². The van der Waals surface area contributed by atoms with E-state index in [0.29, 0.717) is 11.4 Å². The minimum absolute atomic E-state index is 0.173. The Labute approximate surface area is 113 Å². The van der Waals surface area contributed by atoms with Crippen LogP contribution in [0.15, 0.2) is 24.5 Å². The molecule has 0 bridgehead atoms. The quantitative estimate of drug-likeness (QED) is 0.833. The molecule has 2 aromatic rings. The second-order valence-electron chi connectivity index (χ2n) is 3.72. The standard InChI is InChI=1S/C11H10Cl2N4O/c1-17-5-7(4-15-17)16-11(18)8-2-6(14)3-9(12)10(8)13/h2-5H,14H2,1H3,(H,16,18). The molecule has 3 N–H and O–H groups in total. The number of benzene rings is 1. The van der Waals surface area contributed by atoms with Crippen LogP contribution in [0.4, 0.5) is 11.4 Å². The van der Waals surface area contributed by atoms with E-state index in [9.17, 15) is 4.79 Å². The number of hydrogen-bond acceptors (Lipinski definition) is 3. The van der Waals surface area contributed by atoms with Gasteiger partial charge in [-0.15, -0.1) is 0 Å². The largest absolute Gasteiger partial charge is 0.399 e. The highest BCUT2D eigenvalue weighted by Gasteiger charge is 2.14. The smallest absolute Gasteiger partial charge is 0.257 e. The molecule has 0 atom stereocenters. The van der Waals surface area contributed by atoms with Crippen molar-refractivity contribution >= 4 is 40.5 Å². The molecule has 0 radical (unpaired) electrons. The molecule has 0 aliphatic rings. The number of nitrogens with one attached hydrogen (secondary N) is 1. The summed E-state index contributed by atoms with van der Waals surface area (Å²) in [5.41, 5.74) is 6.79. The molecule has 0 unspecified atom stereocenters. The normalized spacial score (nSPS) is 10.4. The Kier molecular flexibility index (Phi) is 3.45. The summed E-state index contributed by atoms with van der Waals surface area (Å²) in [7, 11) is 1.75. The maximum atomic E-state index is 12.0. The molecule has 5 nitrogen and oxygen atoms in total. The van der Waals surface area contributed by atoms with Crippen LogP contribution in [-0.2, 0) is 7.05 Å². The third-order valence-electron chi connectivity index (χ3n) is 2.26. The second-order valence-corrected chi connectivity index (χ2v) is 4.51. The van der Waals surface area contributed by atoms with Crippen molar-refractivity contribution in [1.29, 1.82) is 0 Å². The Hall–Kier alpha value is -1.72. The van der Waals surface area contributed by atoms with Crippen molar-refractivity contribution in [3.05, 3.63) is 40.1 Å². The summed E-state index contributed by atoms with van der Waals surface area (Å²) in [4.78, 5) is 12.0. The van der Waals surface area contributed by atoms with Gasteiger partial charge in [0, 0.05) is 18.9 Å². The number of anilines is 2. The van der Waals surface area contributed by atoms with E-state index in [0.717, 1.165) is 0 Å². The number of nitrogen functional groups attached to an aromatic ring is 1. The molecule has 0 saturated carbocycles. The predicted octanol–water partition coefficient (Wildman–Crippen LogP) is 2.56. The van der Waals surface area contributed by atoms with Gasteiger partial charge in [0.2, 0.25) is 0 Å². The van der Waals surface area contributed by atoms with Crippen molar-refractivity contribution < 1.29 is 4.79 Å². The maximum Gasteiger partial charge on any atom is 0.257 e. The number of carbonyl (C=O) groups excluding carboxylic acids is 1. The third kappa shape index (κ3) is 2.57. The lowest BCUT2D eigenvalue weighted by molar-refractivity contribution is 0.102. The molecular formula is C11H10Cl2N4O. The number of nitrogens with zero attached hydrogens (tertiary/aromatic N) is 2. The lowest BCUT2D eigenvalue weighted by Crippen LogP contribution is -2.12. The van der Waals surface area contributed by atoms with Gasteiger partial charge in [0.25, 0.3) is 5.91 Å². The van der Waals surface area contributed by atoms with E-state index >= 15 is 0 Å². The minimum Gasteiger partial charge on any atom is -0.399 e. The van der Waals surface area contributed by atoms with Gasteiger partial charge in [0.15, 0.2) is 0 Å². The number of aromatic nitrogens is 2. The van der Waals surface area contributed by atoms with Gasteiger partial charge in [-0.2, -0.15) is 5.10 Å². The summed E-state index contributed by atoms with van der Waals surface area (Å²) in [5, 5.41) is 7.01. The van der Waals surface area contributed by atoms with Crippen LogP contribution in [0.3, 0.4) is 0 Å². The van der Waals surface area contributed by atoms with E-state index in [1.165, 1.54) is 18.3 Å². The molecule has 1 amide bonds. The van der Waals surface area contributed by atoms with Crippen molar-refractivity contribution in [3.8, 4) is 0 Å². The van der Waals surface area contributed by atoms with Crippen molar-refractivity contribution in [1.82, 2.24) is 9.78 Å². The van der Waals surface area contributed by atoms with E-state index < -0.39 is 0 Å². The molecule has 0 spiro atoms. The van der Waals surface area contributed by atoms with Crippen molar-refractivity contribution in [2.24, 2.45) is 7.05 Å². The third-order valence-corrected chi connectivity index (χ3v) is 3.06. The zero-order chi connectivity index (χ0) is 13.3. The molecule has 0 aliphatic heterocycles. The number of rotatable bonds is 2. The van der Waals surface area contributed by atoms with Gasteiger partial charge < -0.3 is 11.1 Å². The molecule has 0 aliphatic carbocycles. The summed E-state index contributed by atoms with van der Waals surface area (Å²) in [6.45, 7) is 0. The summed E-state index contributed by atoms with van der Waals surface area (Å²) in [6.07, 6.45) is 3.19. The average molecular weight is 285 g/mol. The first kappa shape index (κ1) is 12.7. The molecule has 18 heavy (non-hydrogen) atoms. The van der Waals surface area contributed by atoms with Crippen LogP contribution < -0.4 is 11.1 Å². The lowest BCUT2D eigenvalue weighted by Gasteiger charge is -2.07. The van der Waals surface area contributed by atoms with Gasteiger partial charge >= 0.3 is 0 Å². The Bertz CT molecular complexity index is 609. The number of hydrogen-bond donors (Lipinski definition) is 2. The van der Waals surface area contributed by atoms with Crippen molar-refractivity contribution in [2.45, 2.75) is 0 Å². The molecule has 1 aromatic heterocycles. The molecule has 1 heterocycles. The fourth-order valence-corrected chi connectivity index (χ4v) is 1.88. The zero-order valence-electron chi connectivity index (χ0n) is 9.45. The average Bonchev–Trinajstić information content (AvgIpc) is 2.69. The highest BCUT2D eigenvalue weighted by Crippen LogP contribution is 2.29. The number of amides is 1. The fourth-order valence-electron chi connectivity index (χ4n) is 1.46. The van der Waals surface area contributed by atoms with Crippen molar-refractivity contribution in [3.63, 3.8) is 0 Å². The highest BCUT2D eigenvalue weighted by atomic mass is 35.5. The van der Waals surface area contributed by atoms with Crippen LogP contribution in [-0.4, -0.2) is 15.7 Å². The Morgan fingerprint density at radius 3 is 2.78 bits per heavy atom. The molecule has 0 fully saturated rings. The van der Waals surface area contributed by atoms with E-state index in [-0.39, 0.29) is 21.5 Å². The van der Waals surface area contributed by atoms with Crippen LogP contribution in [0.2, 0.25) is 10.0 Å². The van der Waals surface area contributed by atoms with Gasteiger partial charge in [0.05, 0.1) is 27.5 Å². The lowest BCUT2D eigenvalue weighted by atomic mass is 10.2. The Morgan fingerprint density at radius 1 is 1.44 bits per heavy atom. The van der Waals surface area contributed by atoms with E-state index in [2.05, 4.69) is 10.4 Å². The highest BCUT2D eigenvalue weighted by molar-refractivity contribution is 6.44. The Balaban J connectivity index is 2.29. The first-order valence-corrected chi connectivity index (χ1v) is 5.77. The van der Waals surface area contributed by atoms with E-state index in [4.69, 9.17) is 28.9 Å². The van der Waals surface area contributed by atoms with Crippen LogP contribution in [0.1, 0.15) is 10.4 Å². The maximum absolute atomic E-state index is 12.0. The number of nitrogens with two attached hydrogens (primary N) is 1. The summed E-state index contributed by atoms with van der Waals surface area (Å²) >= 11 is 11.8. The molecular weight excluding hydrogens is 275 g/mol. The minimum atomic E-state index is -0.387. The van der Waals surface area contributed by atoms with Crippen LogP contribution in [0.25, 0.3) is 0 Å². The molecule has 0 saturated heterocycles. The summed E-state index contributed by atoms with van der Waals surface area (Å²) in [5.74, 6) is -0.387. The number of carbonyl (C=O) groups is 1. The second kappa shape index (κ2) is 4.88. The van der Waals surface area contributed by atoms with E-state index in [1.54, 1.807) is 17.9 Å². The van der Waals surface area contributed by atoms with Crippen molar-refractivity contribution in [2.75, 3.05) is 11.1 Å². The first-order chi connectivity index (χ1) is 8.47. The van der Waals surface area contributed by atoms with Gasteiger partial charge in [0.1, 0.15) is 0 Å². The van der Waals surface area contributed by atoms with E-state index in [1.807, 2.05) is 0 Å². The molecule has 94 valence electrons. The zero-order valence-corrected chi connectivity index (χ0v) is 11.0. The fraction of sp³-hybridized carbons (Fsp3) is 0.0909. The first-order valence-electron chi connectivity index (χ1n) is 5.02. The number of aryl methyl sites for hydroxylation is 1. The summed E-state index contributed by atoms with van der Waals surface area (Å²) < 4.78 is 1.57. The van der Waals surface area contributed by atoms with Gasteiger partial charge in [-0.3, -0.25) is 9.48 Å². The van der Waals surface area contributed by atoms with Crippen LogP contribution in [0, 0.1) is 0 Å².